The zero-order chi connectivity index (χ0) is 13.1. The molecule has 2 rings (SSSR count). The molecule has 0 amide bonds. The lowest BCUT2D eigenvalue weighted by molar-refractivity contribution is 1.18. The number of nitrogens with zero attached hydrogens (tertiary/aromatic N) is 2. The molecule has 0 fully saturated rings. The van der Waals surface area contributed by atoms with Crippen LogP contribution >= 0.6 is 35.4 Å². The van der Waals surface area contributed by atoms with Crippen molar-refractivity contribution in [2.24, 2.45) is 5.73 Å². The van der Waals surface area contributed by atoms with Crippen LogP contribution in [0.2, 0.25) is 10.0 Å². The Kier molecular flexibility index (Phi) is 3.96. The number of nitrogens with one attached hydrogen (secondary N) is 1. The molecule has 0 aliphatic carbocycles. The summed E-state index contributed by atoms with van der Waals surface area (Å²) in [6, 6.07) is 5.06. The van der Waals surface area contributed by atoms with Gasteiger partial charge < -0.3 is 11.1 Å². The number of benzene rings is 1. The maximum atomic E-state index is 6.04. The fourth-order valence-electron chi connectivity index (χ4n) is 1.33. The molecule has 1 aromatic heterocycles. The van der Waals surface area contributed by atoms with Crippen LogP contribution in [0.25, 0.3) is 0 Å². The van der Waals surface area contributed by atoms with Crippen molar-refractivity contribution in [1.29, 1.82) is 0 Å². The topological polar surface area (TPSA) is 63.8 Å². The Hall–Kier alpha value is -1.43. The highest BCUT2D eigenvalue weighted by atomic mass is 35.5. The molecule has 0 spiro atoms. The van der Waals surface area contributed by atoms with Gasteiger partial charge >= 0.3 is 0 Å². The van der Waals surface area contributed by atoms with Gasteiger partial charge in [0.2, 0.25) is 0 Å². The fraction of sp³-hybridized carbons (Fsp3) is 0. The molecule has 0 radical (unpaired) electrons. The molecule has 0 atom stereocenters. The van der Waals surface area contributed by atoms with Crippen LogP contribution in [0.5, 0.6) is 0 Å². The highest BCUT2D eigenvalue weighted by molar-refractivity contribution is 7.80. The van der Waals surface area contributed by atoms with E-state index in [9.17, 15) is 0 Å². The van der Waals surface area contributed by atoms with Crippen LogP contribution in [0.4, 0.5) is 11.5 Å². The average molecular weight is 299 g/mol. The lowest BCUT2D eigenvalue weighted by Gasteiger charge is -2.10. The number of hydrogen-bond donors (Lipinski definition) is 2. The molecule has 0 bridgehead atoms. The maximum absolute atomic E-state index is 6.04. The van der Waals surface area contributed by atoms with Gasteiger partial charge in [-0.2, -0.15) is 0 Å². The molecule has 92 valence electrons. The van der Waals surface area contributed by atoms with Gasteiger partial charge in [-0.05, 0) is 18.2 Å². The van der Waals surface area contributed by atoms with Crippen molar-refractivity contribution in [3.8, 4) is 0 Å². The molecule has 1 heterocycles. The normalized spacial score (nSPS) is 10.1. The van der Waals surface area contributed by atoms with Gasteiger partial charge in [-0.15, -0.1) is 0 Å². The Morgan fingerprint density at radius 3 is 2.67 bits per heavy atom. The molecule has 0 aliphatic heterocycles. The highest BCUT2D eigenvalue weighted by Gasteiger charge is 2.09. The molecule has 4 nitrogen and oxygen atoms in total. The first kappa shape index (κ1) is 13.0. The molecular formula is C11H8Cl2N4S. The van der Waals surface area contributed by atoms with Crippen molar-refractivity contribution < 1.29 is 0 Å². The Bertz CT molecular complexity index is 603. The molecule has 7 heteroatoms. The monoisotopic (exact) mass is 298 g/mol. The van der Waals surface area contributed by atoms with Crippen LogP contribution < -0.4 is 11.1 Å². The van der Waals surface area contributed by atoms with Gasteiger partial charge in [0.15, 0.2) is 5.82 Å². The third kappa shape index (κ3) is 2.87. The number of thiocarbonyl (C=S) groups is 1. The van der Waals surface area contributed by atoms with Crippen LogP contribution in [-0.4, -0.2) is 15.0 Å². The minimum atomic E-state index is 0.156. The lowest BCUT2D eigenvalue weighted by atomic mass is 10.3. The van der Waals surface area contributed by atoms with E-state index in [2.05, 4.69) is 15.3 Å². The van der Waals surface area contributed by atoms with Crippen molar-refractivity contribution in [3.05, 3.63) is 46.3 Å². The summed E-state index contributed by atoms with van der Waals surface area (Å²) in [5.41, 5.74) is 6.59. The van der Waals surface area contributed by atoms with Gasteiger partial charge in [-0.3, -0.25) is 0 Å². The van der Waals surface area contributed by atoms with Gasteiger partial charge in [-0.25, -0.2) is 9.97 Å². The zero-order valence-electron chi connectivity index (χ0n) is 9.02. The summed E-state index contributed by atoms with van der Waals surface area (Å²) in [7, 11) is 0. The summed E-state index contributed by atoms with van der Waals surface area (Å²) in [6.45, 7) is 0. The SMILES string of the molecule is NC(=S)c1nccnc1Nc1cc(Cl)ccc1Cl. The number of aromatic nitrogens is 2. The van der Waals surface area contributed by atoms with Crippen LogP contribution in [0.15, 0.2) is 30.6 Å². The number of anilines is 2. The van der Waals surface area contributed by atoms with Crippen LogP contribution in [0.3, 0.4) is 0 Å². The second-order valence-electron chi connectivity index (χ2n) is 3.37. The molecule has 18 heavy (non-hydrogen) atoms. The molecule has 2 aromatic rings. The molecule has 3 N–H and O–H groups in total. The minimum Gasteiger partial charge on any atom is -0.388 e. The van der Waals surface area contributed by atoms with Gasteiger partial charge in [0, 0.05) is 17.4 Å². The minimum absolute atomic E-state index is 0.156. The van der Waals surface area contributed by atoms with E-state index in [1.807, 2.05) is 0 Å². The van der Waals surface area contributed by atoms with Crippen molar-refractivity contribution in [3.63, 3.8) is 0 Å². The van der Waals surface area contributed by atoms with Crippen LogP contribution in [0, 0.1) is 0 Å². The zero-order valence-corrected chi connectivity index (χ0v) is 11.4. The van der Waals surface area contributed by atoms with Crippen molar-refractivity contribution >= 4 is 51.9 Å². The van der Waals surface area contributed by atoms with E-state index in [0.717, 1.165) is 0 Å². The first-order valence-electron chi connectivity index (χ1n) is 4.91. The largest absolute Gasteiger partial charge is 0.388 e. The molecule has 0 aliphatic rings. The quantitative estimate of drug-likeness (QED) is 0.852. The fourth-order valence-corrected chi connectivity index (χ4v) is 1.82. The smallest absolute Gasteiger partial charge is 0.159 e. The summed E-state index contributed by atoms with van der Waals surface area (Å²) in [5, 5.41) is 4.08. The summed E-state index contributed by atoms with van der Waals surface area (Å²) in [6.07, 6.45) is 3.04. The van der Waals surface area contributed by atoms with E-state index in [0.29, 0.717) is 27.2 Å². The molecule has 0 saturated carbocycles. The Morgan fingerprint density at radius 2 is 1.94 bits per heavy atom. The molecule has 1 aromatic carbocycles. The van der Waals surface area contributed by atoms with Crippen LogP contribution in [-0.2, 0) is 0 Å². The number of hydrogen-bond acceptors (Lipinski definition) is 4. The van der Waals surface area contributed by atoms with E-state index < -0.39 is 0 Å². The second kappa shape index (κ2) is 5.48. The maximum Gasteiger partial charge on any atom is 0.159 e. The summed E-state index contributed by atoms with van der Waals surface area (Å²) in [4.78, 5) is 8.34. The summed E-state index contributed by atoms with van der Waals surface area (Å²) in [5.74, 6) is 0.439. The van der Waals surface area contributed by atoms with E-state index in [4.69, 9.17) is 41.2 Å². The van der Waals surface area contributed by atoms with Gasteiger partial charge in [-0.1, -0.05) is 35.4 Å². The van der Waals surface area contributed by atoms with Crippen LogP contribution in [0.1, 0.15) is 5.69 Å². The predicted molar refractivity (Wildman–Crippen MR) is 77.7 cm³/mol. The van der Waals surface area contributed by atoms with Crippen molar-refractivity contribution in [1.82, 2.24) is 9.97 Å². The summed E-state index contributed by atoms with van der Waals surface area (Å²) < 4.78 is 0. The predicted octanol–water partition coefficient (Wildman–Crippen LogP) is 3.16. The van der Waals surface area contributed by atoms with Gasteiger partial charge in [0.1, 0.15) is 10.7 Å². The lowest BCUT2D eigenvalue weighted by Crippen LogP contribution is -2.15. The van der Waals surface area contributed by atoms with E-state index >= 15 is 0 Å². The van der Waals surface area contributed by atoms with Crippen molar-refractivity contribution in [2.75, 3.05) is 5.32 Å². The number of nitrogens with two attached hydrogens (primary N) is 1. The van der Waals surface area contributed by atoms with E-state index in [1.165, 1.54) is 12.4 Å². The number of halogens is 2. The van der Waals surface area contributed by atoms with Crippen molar-refractivity contribution in [2.45, 2.75) is 0 Å². The molecule has 0 unspecified atom stereocenters. The average Bonchev–Trinajstić information content (AvgIpc) is 2.34. The van der Waals surface area contributed by atoms with Gasteiger partial charge in [0.05, 0.1) is 10.7 Å². The second-order valence-corrected chi connectivity index (χ2v) is 4.65. The first-order valence-corrected chi connectivity index (χ1v) is 6.07. The highest BCUT2D eigenvalue weighted by Crippen LogP contribution is 2.28. The standard InChI is InChI=1S/C11H8Cl2N4S/c12-6-1-2-7(13)8(5-6)17-11-9(10(14)18)15-3-4-16-11/h1-5H,(H2,14,18)(H,16,17). The van der Waals surface area contributed by atoms with Gasteiger partial charge in [0.25, 0.3) is 0 Å². The molecule has 0 saturated heterocycles. The Labute approximate surface area is 119 Å². The number of rotatable bonds is 3. The third-order valence-corrected chi connectivity index (χ3v) is 2.87. The Morgan fingerprint density at radius 1 is 1.22 bits per heavy atom. The Balaban J connectivity index is 2.40. The molecular weight excluding hydrogens is 291 g/mol. The summed E-state index contributed by atoms with van der Waals surface area (Å²) >= 11 is 16.8. The third-order valence-electron chi connectivity index (χ3n) is 2.11. The van der Waals surface area contributed by atoms with E-state index in [1.54, 1.807) is 18.2 Å². The first-order chi connectivity index (χ1) is 8.58. The van der Waals surface area contributed by atoms with E-state index in [-0.39, 0.29) is 4.99 Å².